The number of nitrogens with zero attached hydrogens (tertiary/aromatic N) is 1. The minimum Gasteiger partial charge on any atom is -0.493 e. The second-order valence-corrected chi connectivity index (χ2v) is 8.02. The van der Waals surface area contributed by atoms with E-state index in [2.05, 4.69) is 25.5 Å². The normalized spacial score (nSPS) is 21.4. The zero-order valence-corrected chi connectivity index (χ0v) is 18.5. The van der Waals surface area contributed by atoms with Crippen LogP contribution < -0.4 is 23.7 Å². The molecule has 3 heterocycles. The van der Waals surface area contributed by atoms with Crippen LogP contribution in [0.3, 0.4) is 0 Å². The molecular weight excluding hydrogens is 398 g/mol. The van der Waals surface area contributed by atoms with E-state index in [1.54, 1.807) is 21.3 Å². The molecule has 0 fully saturated rings. The zero-order valence-electron chi connectivity index (χ0n) is 18.5. The second-order valence-electron chi connectivity index (χ2n) is 8.02. The van der Waals surface area contributed by atoms with Gasteiger partial charge in [0, 0.05) is 17.7 Å². The molecule has 2 aromatic rings. The lowest BCUT2D eigenvalue weighted by atomic mass is 9.83. The van der Waals surface area contributed by atoms with E-state index in [1.807, 2.05) is 12.1 Å². The fraction of sp³-hybridized carbons (Fsp3) is 0.417. The number of methoxy groups -OCH3 is 3. The third-order valence-corrected chi connectivity index (χ3v) is 6.59. The minimum absolute atomic E-state index is 0.0944. The van der Waals surface area contributed by atoms with Gasteiger partial charge >= 0.3 is 0 Å². The Morgan fingerprint density at radius 2 is 1.77 bits per heavy atom. The largest absolute Gasteiger partial charge is 0.493 e. The Morgan fingerprint density at radius 3 is 2.48 bits per heavy atom. The molecule has 0 saturated carbocycles. The Bertz CT molecular complexity index is 1080. The summed E-state index contributed by atoms with van der Waals surface area (Å²) in [5.41, 5.74) is 5.28. The number of fused-ring (bicyclic) bond motifs is 3. The minimum atomic E-state index is -0.278. The smallest absolute Gasteiger partial charge is 0.231 e. The van der Waals surface area contributed by atoms with Crippen molar-refractivity contribution < 1.29 is 28.4 Å². The first-order chi connectivity index (χ1) is 15.0. The summed E-state index contributed by atoms with van der Waals surface area (Å²) in [6, 6.07) is 3.86. The van der Waals surface area contributed by atoms with Gasteiger partial charge in [0.25, 0.3) is 0 Å². The summed E-state index contributed by atoms with van der Waals surface area (Å²) in [7, 11) is 7.04. The van der Waals surface area contributed by atoms with Gasteiger partial charge in [-0.1, -0.05) is 12.6 Å². The predicted molar refractivity (Wildman–Crippen MR) is 115 cm³/mol. The van der Waals surface area contributed by atoms with Crippen molar-refractivity contribution in [1.29, 1.82) is 0 Å². The Hall–Kier alpha value is -3.06. The van der Waals surface area contributed by atoms with Crippen molar-refractivity contribution in [1.82, 2.24) is 4.90 Å². The lowest BCUT2D eigenvalue weighted by Gasteiger charge is -2.39. The van der Waals surface area contributed by atoms with Crippen molar-refractivity contribution in [3.05, 3.63) is 46.5 Å². The van der Waals surface area contributed by atoms with Gasteiger partial charge in [-0.3, -0.25) is 4.90 Å². The number of ether oxygens (including phenoxy) is 6. The quantitative estimate of drug-likeness (QED) is 0.733. The van der Waals surface area contributed by atoms with Crippen LogP contribution in [0.25, 0.3) is 5.76 Å². The van der Waals surface area contributed by atoms with Crippen molar-refractivity contribution in [2.24, 2.45) is 0 Å². The first-order valence-corrected chi connectivity index (χ1v) is 10.3. The third kappa shape index (κ3) is 2.69. The Labute approximate surface area is 182 Å². The van der Waals surface area contributed by atoms with Gasteiger partial charge < -0.3 is 28.4 Å². The summed E-state index contributed by atoms with van der Waals surface area (Å²) in [6.07, 6.45) is 0.619. The molecule has 0 radical (unpaired) electrons. The highest BCUT2D eigenvalue weighted by Gasteiger charge is 2.45. The molecule has 7 heteroatoms. The summed E-state index contributed by atoms with van der Waals surface area (Å²) in [6.45, 7) is 7.35. The lowest BCUT2D eigenvalue weighted by molar-refractivity contribution is 0.0638. The summed E-state index contributed by atoms with van der Waals surface area (Å²) in [4.78, 5) is 2.30. The average Bonchev–Trinajstić information content (AvgIpc) is 3.39. The monoisotopic (exact) mass is 425 g/mol. The highest BCUT2D eigenvalue weighted by atomic mass is 16.7. The van der Waals surface area contributed by atoms with Crippen molar-refractivity contribution in [2.75, 3.05) is 41.7 Å². The van der Waals surface area contributed by atoms with Crippen LogP contribution in [0.2, 0.25) is 0 Å². The van der Waals surface area contributed by atoms with Crippen LogP contribution in [0, 0.1) is 6.92 Å². The molecule has 3 aliphatic heterocycles. The van der Waals surface area contributed by atoms with Gasteiger partial charge in [0.2, 0.25) is 12.5 Å². The van der Waals surface area contributed by atoms with Gasteiger partial charge in [0.1, 0.15) is 11.9 Å². The van der Waals surface area contributed by atoms with Crippen molar-refractivity contribution >= 4 is 5.76 Å². The molecule has 0 aromatic heterocycles. The van der Waals surface area contributed by atoms with Gasteiger partial charge in [0.05, 0.1) is 32.9 Å². The van der Waals surface area contributed by atoms with Gasteiger partial charge in [-0.25, -0.2) is 0 Å². The molecule has 3 aliphatic rings. The molecule has 2 aromatic carbocycles. The van der Waals surface area contributed by atoms with E-state index >= 15 is 0 Å². The van der Waals surface area contributed by atoms with Gasteiger partial charge in [-0.15, -0.1) is 0 Å². The van der Waals surface area contributed by atoms with Crippen LogP contribution in [-0.4, -0.2) is 46.6 Å². The summed E-state index contributed by atoms with van der Waals surface area (Å²) in [5, 5.41) is 0. The van der Waals surface area contributed by atoms with E-state index in [0.717, 1.165) is 41.0 Å². The first kappa shape index (κ1) is 19.9. The van der Waals surface area contributed by atoms with E-state index in [9.17, 15) is 0 Å². The molecule has 0 N–H and O–H groups in total. The maximum atomic E-state index is 6.40. The first-order valence-electron chi connectivity index (χ1n) is 10.3. The second kappa shape index (κ2) is 7.27. The highest BCUT2D eigenvalue weighted by molar-refractivity contribution is 5.75. The molecule has 0 bridgehead atoms. The van der Waals surface area contributed by atoms with Crippen LogP contribution in [-0.2, 0) is 11.2 Å². The lowest BCUT2D eigenvalue weighted by Crippen LogP contribution is -2.36. The molecule has 164 valence electrons. The summed E-state index contributed by atoms with van der Waals surface area (Å²) in [5.74, 6) is 4.03. The number of hydrogen-bond donors (Lipinski definition) is 0. The molecule has 0 aliphatic carbocycles. The molecule has 5 rings (SSSR count). The van der Waals surface area contributed by atoms with Crippen LogP contribution in [0.5, 0.6) is 28.7 Å². The number of benzene rings is 2. The van der Waals surface area contributed by atoms with Crippen LogP contribution in [0.4, 0.5) is 0 Å². The zero-order chi connectivity index (χ0) is 21.9. The van der Waals surface area contributed by atoms with E-state index in [-0.39, 0.29) is 18.9 Å². The number of rotatable bonds is 4. The molecular formula is C24H27NO6. The molecule has 0 unspecified atom stereocenters. The standard InChI is InChI=1S/C24H27NO6/c1-12-14-9-10-25(3)19(18(14)23(28-6)24-20(12)29-11-30-24)21-15-7-8-16(26-4)22(27-5)17(15)13(2)31-21/h7-8,19,21H,2,9-11H2,1,3-6H3/t19-,21+/m1/s1. The number of hydrogen-bond acceptors (Lipinski definition) is 7. The maximum Gasteiger partial charge on any atom is 0.231 e. The Kier molecular flexibility index (Phi) is 4.66. The summed E-state index contributed by atoms with van der Waals surface area (Å²) >= 11 is 0. The number of likely N-dealkylation sites (N-methyl/N-ethyl adjacent to an activating group) is 1. The van der Waals surface area contributed by atoms with E-state index < -0.39 is 0 Å². The van der Waals surface area contributed by atoms with Crippen LogP contribution in [0.15, 0.2) is 18.7 Å². The molecule has 0 saturated heterocycles. The van der Waals surface area contributed by atoms with E-state index in [1.165, 1.54) is 5.56 Å². The van der Waals surface area contributed by atoms with Crippen molar-refractivity contribution in [3.63, 3.8) is 0 Å². The third-order valence-electron chi connectivity index (χ3n) is 6.59. The molecule has 0 spiro atoms. The average molecular weight is 425 g/mol. The topological polar surface area (TPSA) is 58.6 Å². The van der Waals surface area contributed by atoms with Crippen LogP contribution in [0.1, 0.15) is 40.0 Å². The maximum absolute atomic E-state index is 6.40. The van der Waals surface area contributed by atoms with Gasteiger partial charge in [-0.2, -0.15) is 0 Å². The molecule has 0 amide bonds. The van der Waals surface area contributed by atoms with Crippen LogP contribution >= 0.6 is 0 Å². The Balaban J connectivity index is 1.72. The van der Waals surface area contributed by atoms with Gasteiger partial charge in [0.15, 0.2) is 23.0 Å². The fourth-order valence-corrected chi connectivity index (χ4v) is 5.17. The Morgan fingerprint density at radius 1 is 1.03 bits per heavy atom. The predicted octanol–water partition coefficient (Wildman–Crippen LogP) is 4.02. The summed E-state index contributed by atoms with van der Waals surface area (Å²) < 4.78 is 35.0. The van der Waals surface area contributed by atoms with Gasteiger partial charge in [-0.05, 0) is 37.6 Å². The highest BCUT2D eigenvalue weighted by Crippen LogP contribution is 2.58. The fourth-order valence-electron chi connectivity index (χ4n) is 5.17. The van der Waals surface area contributed by atoms with E-state index in [0.29, 0.717) is 28.8 Å². The molecule has 31 heavy (non-hydrogen) atoms. The SMILES string of the molecule is C=C1O[C@H]([C@H]2c3c(c(C)c4c(c3OC)OCO4)CCN2C)c2ccc(OC)c(OC)c21. The van der Waals surface area contributed by atoms with E-state index in [4.69, 9.17) is 28.4 Å². The van der Waals surface area contributed by atoms with Crippen molar-refractivity contribution in [2.45, 2.75) is 25.5 Å². The molecule has 7 nitrogen and oxygen atoms in total. The molecule has 2 atom stereocenters. The van der Waals surface area contributed by atoms with Crippen molar-refractivity contribution in [3.8, 4) is 28.7 Å².